The molecule has 0 spiro atoms. The van der Waals surface area contributed by atoms with Crippen molar-refractivity contribution in [2.75, 3.05) is 0 Å². The Hall–Kier alpha value is -3.60. The lowest BCUT2D eigenvalue weighted by Gasteiger charge is -2.43. The molecule has 0 saturated heterocycles. The summed E-state index contributed by atoms with van der Waals surface area (Å²) < 4.78 is 20.5. The topological polar surface area (TPSA) is 107 Å². The number of nitriles is 3. The molecule has 0 amide bonds. The maximum Gasteiger partial charge on any atom is 0.191 e. The zero-order chi connectivity index (χ0) is 23.6. The summed E-state index contributed by atoms with van der Waals surface area (Å²) in [4.78, 5) is 0. The van der Waals surface area contributed by atoms with Crippen LogP contribution in [0.2, 0.25) is 0 Å². The Kier molecular flexibility index (Phi) is 6.23. The van der Waals surface area contributed by atoms with Crippen molar-refractivity contribution in [3.8, 4) is 24.0 Å². The summed E-state index contributed by atoms with van der Waals surface area (Å²) in [7, 11) is 0. The standard InChI is InChI=1S/C26H20BrFN4O/c27-17-8-9-23(33-13-16-4-3-5-18(28)10-16)21(11-17)24-20-7-2-1-6-19(20)22(12-29)25(32)26(24,14-30)15-31/h3-6,8-11,20,24H,1-2,7,13,32H2/t20-,24+/m1/s1. The van der Waals surface area contributed by atoms with Crippen LogP contribution < -0.4 is 10.5 Å². The summed E-state index contributed by atoms with van der Waals surface area (Å²) in [6, 6.07) is 18.0. The highest BCUT2D eigenvalue weighted by atomic mass is 79.9. The second-order valence-electron chi connectivity index (χ2n) is 8.21. The van der Waals surface area contributed by atoms with Crippen molar-refractivity contribution in [2.24, 2.45) is 17.1 Å². The molecule has 0 unspecified atom stereocenters. The molecule has 4 rings (SSSR count). The van der Waals surface area contributed by atoms with Gasteiger partial charge in [-0.2, -0.15) is 15.8 Å². The second kappa shape index (κ2) is 9.10. The molecule has 0 radical (unpaired) electrons. The maximum atomic E-state index is 13.6. The van der Waals surface area contributed by atoms with E-state index in [1.165, 1.54) is 12.1 Å². The van der Waals surface area contributed by atoms with E-state index in [4.69, 9.17) is 10.5 Å². The van der Waals surface area contributed by atoms with Crippen LogP contribution in [0.25, 0.3) is 0 Å². The van der Waals surface area contributed by atoms with Crippen LogP contribution in [-0.2, 0) is 6.61 Å². The van der Waals surface area contributed by atoms with E-state index in [1.807, 2.05) is 18.2 Å². The van der Waals surface area contributed by atoms with E-state index in [0.717, 1.165) is 29.3 Å². The third-order valence-electron chi connectivity index (χ3n) is 6.39. The minimum atomic E-state index is -1.72. The van der Waals surface area contributed by atoms with Gasteiger partial charge in [-0.25, -0.2) is 4.39 Å². The van der Waals surface area contributed by atoms with E-state index in [-0.39, 0.29) is 29.6 Å². The molecule has 0 fully saturated rings. The summed E-state index contributed by atoms with van der Waals surface area (Å²) in [5.41, 5.74) is 6.98. The third-order valence-corrected chi connectivity index (χ3v) is 6.88. The first-order valence-electron chi connectivity index (χ1n) is 10.5. The van der Waals surface area contributed by atoms with Gasteiger partial charge < -0.3 is 10.5 Å². The molecule has 0 aliphatic heterocycles. The lowest BCUT2D eigenvalue weighted by molar-refractivity contribution is 0.276. The molecule has 5 nitrogen and oxygen atoms in total. The smallest absolute Gasteiger partial charge is 0.191 e. The van der Waals surface area contributed by atoms with Crippen molar-refractivity contribution in [3.05, 3.63) is 86.8 Å². The van der Waals surface area contributed by atoms with Crippen molar-refractivity contribution in [1.29, 1.82) is 15.8 Å². The molecule has 33 heavy (non-hydrogen) atoms. The monoisotopic (exact) mass is 502 g/mol. The van der Waals surface area contributed by atoms with Crippen LogP contribution in [0.4, 0.5) is 4.39 Å². The zero-order valence-electron chi connectivity index (χ0n) is 17.7. The van der Waals surface area contributed by atoms with Gasteiger partial charge in [-0.1, -0.05) is 34.1 Å². The fourth-order valence-electron chi connectivity index (χ4n) is 4.90. The van der Waals surface area contributed by atoms with E-state index in [2.05, 4.69) is 34.1 Å². The summed E-state index contributed by atoms with van der Waals surface area (Å²) in [6.07, 6.45) is 4.40. The van der Waals surface area contributed by atoms with Gasteiger partial charge in [0.15, 0.2) is 5.41 Å². The van der Waals surface area contributed by atoms with E-state index in [9.17, 15) is 20.2 Å². The molecule has 2 atom stereocenters. The fourth-order valence-corrected chi connectivity index (χ4v) is 5.28. The quantitative estimate of drug-likeness (QED) is 0.571. The average molecular weight is 503 g/mol. The van der Waals surface area contributed by atoms with Crippen molar-refractivity contribution in [1.82, 2.24) is 0 Å². The molecule has 7 heteroatoms. The van der Waals surface area contributed by atoms with Crippen LogP contribution in [0.1, 0.15) is 36.3 Å². The SMILES string of the molecule is N#CC1=C(N)C(C#N)(C#N)[C@H](c2cc(Br)ccc2OCc2cccc(F)c2)[C@@H]2CCCC=C12. The van der Waals surface area contributed by atoms with Gasteiger partial charge >= 0.3 is 0 Å². The molecule has 0 aromatic heterocycles. The highest BCUT2D eigenvalue weighted by Gasteiger charge is 2.54. The van der Waals surface area contributed by atoms with E-state index >= 15 is 0 Å². The predicted octanol–water partition coefficient (Wildman–Crippen LogP) is 5.76. The van der Waals surface area contributed by atoms with Crippen LogP contribution in [0.15, 0.2) is 69.9 Å². The molecule has 0 bridgehead atoms. The Bertz CT molecular complexity index is 1280. The molecule has 164 valence electrons. The predicted molar refractivity (Wildman–Crippen MR) is 124 cm³/mol. The van der Waals surface area contributed by atoms with Crippen molar-refractivity contribution in [2.45, 2.75) is 31.8 Å². The van der Waals surface area contributed by atoms with Crippen molar-refractivity contribution >= 4 is 15.9 Å². The largest absolute Gasteiger partial charge is 0.489 e. The van der Waals surface area contributed by atoms with Gasteiger partial charge in [-0.3, -0.25) is 0 Å². The lowest BCUT2D eigenvalue weighted by Crippen LogP contribution is -2.42. The minimum absolute atomic E-state index is 0.0135. The van der Waals surface area contributed by atoms with Crippen LogP contribution in [0, 0.1) is 51.1 Å². The molecule has 2 aromatic carbocycles. The maximum absolute atomic E-state index is 13.6. The number of ether oxygens (including phenoxy) is 1. The molecule has 2 N–H and O–H groups in total. The van der Waals surface area contributed by atoms with Gasteiger partial charge in [0.1, 0.15) is 24.2 Å². The van der Waals surface area contributed by atoms with Gasteiger partial charge in [0.25, 0.3) is 0 Å². The summed E-state index contributed by atoms with van der Waals surface area (Å²) in [5.74, 6) is -0.728. The summed E-state index contributed by atoms with van der Waals surface area (Å²) in [6.45, 7) is 0.118. The first kappa shape index (κ1) is 22.6. The highest BCUT2D eigenvalue weighted by molar-refractivity contribution is 9.10. The third kappa shape index (κ3) is 3.88. The number of rotatable bonds is 4. The van der Waals surface area contributed by atoms with Gasteiger partial charge in [-0.15, -0.1) is 0 Å². The second-order valence-corrected chi connectivity index (χ2v) is 9.12. The van der Waals surface area contributed by atoms with E-state index in [1.54, 1.807) is 18.2 Å². The Balaban J connectivity index is 1.87. The first-order chi connectivity index (χ1) is 15.9. The Morgan fingerprint density at radius 2 is 1.94 bits per heavy atom. The number of benzene rings is 2. The number of halogens is 2. The summed E-state index contributed by atoms with van der Waals surface area (Å²) >= 11 is 3.50. The van der Waals surface area contributed by atoms with Gasteiger partial charge in [0.05, 0.1) is 23.4 Å². The number of hydrogen-bond donors (Lipinski definition) is 1. The normalized spacial score (nSPS) is 21.1. The Morgan fingerprint density at radius 1 is 1.15 bits per heavy atom. The van der Waals surface area contributed by atoms with E-state index in [0.29, 0.717) is 16.9 Å². The van der Waals surface area contributed by atoms with Crippen LogP contribution >= 0.6 is 15.9 Å². The van der Waals surface area contributed by atoms with Gasteiger partial charge in [0, 0.05) is 16.0 Å². The minimum Gasteiger partial charge on any atom is -0.489 e. The van der Waals surface area contributed by atoms with Gasteiger partial charge in [0.2, 0.25) is 0 Å². The van der Waals surface area contributed by atoms with Crippen LogP contribution in [-0.4, -0.2) is 0 Å². The fraction of sp³-hybridized carbons (Fsp3) is 0.269. The Morgan fingerprint density at radius 3 is 2.64 bits per heavy atom. The molecule has 0 saturated carbocycles. The highest BCUT2D eigenvalue weighted by Crippen LogP contribution is 2.57. The first-order valence-corrected chi connectivity index (χ1v) is 11.3. The van der Waals surface area contributed by atoms with Gasteiger partial charge in [-0.05, 0) is 66.6 Å². The van der Waals surface area contributed by atoms with Crippen LogP contribution in [0.5, 0.6) is 5.75 Å². The molecule has 0 heterocycles. The lowest BCUT2D eigenvalue weighted by atomic mass is 9.56. The number of hydrogen-bond acceptors (Lipinski definition) is 5. The summed E-state index contributed by atoms with van der Waals surface area (Å²) in [5, 5.41) is 30.3. The number of allylic oxidation sites excluding steroid dienone is 4. The molecule has 2 aliphatic carbocycles. The molecule has 2 aromatic rings. The van der Waals surface area contributed by atoms with Crippen LogP contribution in [0.3, 0.4) is 0 Å². The molecule has 2 aliphatic rings. The zero-order valence-corrected chi connectivity index (χ0v) is 19.3. The Labute approximate surface area is 200 Å². The number of fused-ring (bicyclic) bond motifs is 1. The molecular weight excluding hydrogens is 483 g/mol. The number of nitrogens with two attached hydrogens (primary N) is 1. The van der Waals surface area contributed by atoms with Crippen molar-refractivity contribution < 1.29 is 9.13 Å². The molecular formula is C26H20BrFN4O. The van der Waals surface area contributed by atoms with E-state index < -0.39 is 11.3 Å². The van der Waals surface area contributed by atoms with Crippen molar-refractivity contribution in [3.63, 3.8) is 0 Å². The number of nitrogens with zero attached hydrogens (tertiary/aromatic N) is 3. The average Bonchev–Trinajstić information content (AvgIpc) is 2.83.